The van der Waals surface area contributed by atoms with E-state index in [9.17, 15) is 13.2 Å². The summed E-state index contributed by atoms with van der Waals surface area (Å²) < 4.78 is 25.4. The van der Waals surface area contributed by atoms with Gasteiger partial charge in [-0.2, -0.15) is 4.31 Å². The summed E-state index contributed by atoms with van der Waals surface area (Å²) in [7, 11) is -3.40. The Morgan fingerprint density at radius 3 is 2.23 bits per heavy atom. The first kappa shape index (κ1) is 20.1. The van der Waals surface area contributed by atoms with E-state index >= 15 is 0 Å². The molecule has 1 N–H and O–H groups in total. The number of nitrogens with one attached hydrogen (secondary N) is 1. The lowest BCUT2D eigenvalue weighted by Crippen LogP contribution is -2.32. The number of anilines is 1. The first-order chi connectivity index (χ1) is 12.1. The van der Waals surface area contributed by atoms with Gasteiger partial charge in [-0.25, -0.2) is 8.42 Å². The summed E-state index contributed by atoms with van der Waals surface area (Å²) in [6.45, 7) is 6.38. The standard InChI is InChI=1S/C20H26N2O3S/c1-15-5-8-18(9-6-15)14-22(26(4,24)25)12-11-20(23)21-19-10-7-16(2)17(3)13-19/h5-10,13H,11-12,14H2,1-4H3,(H,21,23). The molecule has 0 bridgehead atoms. The van der Waals surface area contributed by atoms with Gasteiger partial charge in [0.1, 0.15) is 0 Å². The van der Waals surface area contributed by atoms with Gasteiger partial charge in [-0.3, -0.25) is 4.79 Å². The van der Waals surface area contributed by atoms with Crippen LogP contribution in [0, 0.1) is 20.8 Å². The number of carbonyl (C=O) groups is 1. The topological polar surface area (TPSA) is 66.5 Å². The van der Waals surface area contributed by atoms with Crippen LogP contribution in [0.2, 0.25) is 0 Å². The maximum atomic E-state index is 12.2. The fraction of sp³-hybridized carbons (Fsp3) is 0.350. The first-order valence-corrected chi connectivity index (χ1v) is 10.4. The largest absolute Gasteiger partial charge is 0.326 e. The van der Waals surface area contributed by atoms with Crippen molar-refractivity contribution in [2.45, 2.75) is 33.7 Å². The van der Waals surface area contributed by atoms with Crippen LogP contribution in [0.15, 0.2) is 42.5 Å². The molecule has 1 amide bonds. The molecule has 0 radical (unpaired) electrons. The lowest BCUT2D eigenvalue weighted by atomic mass is 10.1. The number of hydrogen-bond donors (Lipinski definition) is 1. The number of sulfonamides is 1. The number of benzene rings is 2. The average molecular weight is 375 g/mol. The highest BCUT2D eigenvalue weighted by Crippen LogP contribution is 2.15. The smallest absolute Gasteiger partial charge is 0.225 e. The Labute approximate surface area is 156 Å². The lowest BCUT2D eigenvalue weighted by Gasteiger charge is -2.20. The molecule has 0 unspecified atom stereocenters. The number of carbonyl (C=O) groups excluding carboxylic acids is 1. The van der Waals surface area contributed by atoms with E-state index in [0.717, 1.165) is 27.9 Å². The summed E-state index contributed by atoms with van der Waals surface area (Å²) in [5, 5.41) is 2.83. The molecule has 0 saturated heterocycles. The van der Waals surface area contributed by atoms with Crippen LogP contribution in [0.1, 0.15) is 28.7 Å². The number of amides is 1. The molecule has 0 aliphatic carbocycles. The quantitative estimate of drug-likeness (QED) is 0.808. The molecule has 2 aromatic carbocycles. The van der Waals surface area contributed by atoms with Crippen molar-refractivity contribution in [2.24, 2.45) is 0 Å². The van der Waals surface area contributed by atoms with Crippen LogP contribution in [0.4, 0.5) is 5.69 Å². The van der Waals surface area contributed by atoms with Gasteiger partial charge >= 0.3 is 0 Å². The molecule has 0 aliphatic heterocycles. The molecule has 26 heavy (non-hydrogen) atoms. The Morgan fingerprint density at radius 1 is 1.00 bits per heavy atom. The zero-order valence-corrected chi connectivity index (χ0v) is 16.6. The predicted molar refractivity (Wildman–Crippen MR) is 106 cm³/mol. The minimum atomic E-state index is -3.40. The minimum absolute atomic E-state index is 0.103. The number of hydrogen-bond acceptors (Lipinski definition) is 3. The van der Waals surface area contributed by atoms with Crippen LogP contribution < -0.4 is 5.32 Å². The van der Waals surface area contributed by atoms with E-state index in [-0.39, 0.29) is 25.4 Å². The normalized spacial score (nSPS) is 11.6. The molecule has 2 aromatic rings. The maximum Gasteiger partial charge on any atom is 0.225 e. The Balaban J connectivity index is 1.98. The van der Waals surface area contributed by atoms with Gasteiger partial charge < -0.3 is 5.32 Å². The van der Waals surface area contributed by atoms with Crippen LogP contribution in [-0.4, -0.2) is 31.4 Å². The molecule has 0 spiro atoms. The van der Waals surface area contributed by atoms with Crippen molar-refractivity contribution in [1.82, 2.24) is 4.31 Å². The monoisotopic (exact) mass is 374 g/mol. The van der Waals surface area contributed by atoms with Crippen LogP contribution >= 0.6 is 0 Å². The highest BCUT2D eigenvalue weighted by atomic mass is 32.2. The summed E-state index contributed by atoms with van der Waals surface area (Å²) in [6.07, 6.45) is 1.27. The van der Waals surface area contributed by atoms with Crippen molar-refractivity contribution in [2.75, 3.05) is 18.1 Å². The molecule has 0 heterocycles. The van der Waals surface area contributed by atoms with Gasteiger partial charge in [-0.05, 0) is 49.6 Å². The fourth-order valence-corrected chi connectivity index (χ4v) is 3.33. The highest BCUT2D eigenvalue weighted by molar-refractivity contribution is 7.88. The SMILES string of the molecule is Cc1ccc(CN(CCC(=O)Nc2ccc(C)c(C)c2)S(C)(=O)=O)cc1. The first-order valence-electron chi connectivity index (χ1n) is 8.53. The molecule has 0 saturated carbocycles. The molecule has 140 valence electrons. The molecular formula is C20H26N2O3S. The van der Waals surface area contributed by atoms with Gasteiger partial charge in [0, 0.05) is 25.2 Å². The third kappa shape index (κ3) is 5.97. The van der Waals surface area contributed by atoms with Crippen molar-refractivity contribution in [3.63, 3.8) is 0 Å². The second-order valence-corrected chi connectivity index (χ2v) is 8.66. The number of nitrogens with zero attached hydrogens (tertiary/aromatic N) is 1. The Bertz CT molecular complexity index is 874. The number of rotatable bonds is 7. The summed E-state index contributed by atoms with van der Waals surface area (Å²) in [5.74, 6) is -0.203. The second-order valence-electron chi connectivity index (χ2n) is 6.68. The molecule has 2 rings (SSSR count). The van der Waals surface area contributed by atoms with Gasteiger partial charge in [0.2, 0.25) is 15.9 Å². The minimum Gasteiger partial charge on any atom is -0.326 e. The van der Waals surface area contributed by atoms with E-state index in [4.69, 9.17) is 0 Å². The van der Waals surface area contributed by atoms with E-state index in [1.54, 1.807) is 0 Å². The van der Waals surface area contributed by atoms with Gasteiger partial charge in [0.05, 0.1) is 6.26 Å². The average Bonchev–Trinajstić information content (AvgIpc) is 2.55. The van der Waals surface area contributed by atoms with Crippen molar-refractivity contribution in [3.05, 3.63) is 64.7 Å². The third-order valence-electron chi connectivity index (χ3n) is 4.33. The summed E-state index contributed by atoms with van der Waals surface area (Å²) in [5.41, 5.74) is 5.00. The van der Waals surface area contributed by atoms with Crippen molar-refractivity contribution < 1.29 is 13.2 Å². The summed E-state index contributed by atoms with van der Waals surface area (Å²) in [4.78, 5) is 12.2. The maximum absolute atomic E-state index is 12.2. The van der Waals surface area contributed by atoms with Crippen LogP contribution in [0.25, 0.3) is 0 Å². The van der Waals surface area contributed by atoms with E-state index < -0.39 is 10.0 Å². The fourth-order valence-electron chi connectivity index (χ4n) is 2.53. The van der Waals surface area contributed by atoms with Crippen LogP contribution in [0.3, 0.4) is 0 Å². The molecule has 0 fully saturated rings. The Hall–Kier alpha value is -2.18. The van der Waals surface area contributed by atoms with E-state index in [1.165, 1.54) is 10.6 Å². The lowest BCUT2D eigenvalue weighted by molar-refractivity contribution is -0.116. The second kappa shape index (κ2) is 8.47. The zero-order chi connectivity index (χ0) is 19.3. The zero-order valence-electron chi connectivity index (χ0n) is 15.7. The Morgan fingerprint density at radius 2 is 1.65 bits per heavy atom. The third-order valence-corrected chi connectivity index (χ3v) is 5.58. The molecular weight excluding hydrogens is 348 g/mol. The van der Waals surface area contributed by atoms with Crippen LogP contribution in [0.5, 0.6) is 0 Å². The molecule has 0 aromatic heterocycles. The summed E-state index contributed by atoms with van der Waals surface area (Å²) >= 11 is 0. The van der Waals surface area contributed by atoms with Gasteiger partial charge in [0.15, 0.2) is 0 Å². The van der Waals surface area contributed by atoms with Crippen molar-refractivity contribution in [1.29, 1.82) is 0 Å². The van der Waals surface area contributed by atoms with E-state index in [0.29, 0.717) is 0 Å². The van der Waals surface area contributed by atoms with Gasteiger partial charge in [-0.15, -0.1) is 0 Å². The van der Waals surface area contributed by atoms with Crippen LogP contribution in [-0.2, 0) is 21.4 Å². The van der Waals surface area contributed by atoms with E-state index in [2.05, 4.69) is 5.32 Å². The predicted octanol–water partition coefficient (Wildman–Crippen LogP) is 3.40. The van der Waals surface area contributed by atoms with E-state index in [1.807, 2.05) is 63.2 Å². The van der Waals surface area contributed by atoms with Gasteiger partial charge in [-0.1, -0.05) is 35.9 Å². The highest BCUT2D eigenvalue weighted by Gasteiger charge is 2.18. The molecule has 0 aliphatic rings. The Kier molecular flexibility index (Phi) is 6.56. The van der Waals surface area contributed by atoms with Crippen molar-refractivity contribution in [3.8, 4) is 0 Å². The number of aryl methyl sites for hydroxylation is 3. The van der Waals surface area contributed by atoms with Crippen molar-refractivity contribution >= 4 is 21.6 Å². The molecule has 6 heteroatoms. The summed E-state index contributed by atoms with van der Waals surface area (Å²) in [6, 6.07) is 13.4. The molecule has 0 atom stereocenters. The molecule has 5 nitrogen and oxygen atoms in total. The van der Waals surface area contributed by atoms with Gasteiger partial charge in [0.25, 0.3) is 0 Å².